The second-order valence-corrected chi connectivity index (χ2v) is 8.93. The molecule has 1 unspecified atom stereocenters. The van der Waals surface area contributed by atoms with Crippen molar-refractivity contribution in [3.05, 3.63) is 18.2 Å². The van der Waals surface area contributed by atoms with Gasteiger partial charge in [-0.2, -0.15) is 24.9 Å². The van der Waals surface area contributed by atoms with Crippen molar-refractivity contribution >= 4 is 17.7 Å². The Labute approximate surface area is 166 Å². The quantitative estimate of drug-likeness (QED) is 0.737. The van der Waals surface area contributed by atoms with Gasteiger partial charge >= 0.3 is 6.18 Å². The first kappa shape index (κ1) is 21.4. The van der Waals surface area contributed by atoms with E-state index in [-0.39, 0.29) is 5.54 Å². The fourth-order valence-corrected chi connectivity index (χ4v) is 5.21. The topological polar surface area (TPSA) is 70.4 Å². The smallest absolute Gasteiger partial charge is 0.374 e. The Balaban J connectivity index is 1.70. The largest absolute Gasteiger partial charge is 0.425 e. The number of hydrogen-bond acceptors (Lipinski definition) is 5. The molecule has 3 rings (SSSR count). The lowest BCUT2D eigenvalue weighted by molar-refractivity contribution is -0.271. The third-order valence-electron chi connectivity index (χ3n) is 5.91. The highest BCUT2D eigenvalue weighted by atomic mass is 32.2. The van der Waals surface area contributed by atoms with Crippen molar-refractivity contribution in [2.24, 2.45) is 7.05 Å². The Bertz CT molecular complexity index is 685. The van der Waals surface area contributed by atoms with Gasteiger partial charge in [0.05, 0.1) is 6.42 Å². The molecule has 1 aromatic rings. The molecule has 2 heterocycles. The molecule has 6 nitrogen and oxygen atoms in total. The number of aryl methyl sites for hydroxylation is 1. The molecular formula is C18H27F3N4O2S. The number of nitrogens with one attached hydrogen (secondary N) is 1. The van der Waals surface area contributed by atoms with Gasteiger partial charge in [-0.15, -0.1) is 0 Å². The van der Waals surface area contributed by atoms with Gasteiger partial charge in [-0.25, -0.2) is 4.98 Å². The Morgan fingerprint density at radius 1 is 1.32 bits per heavy atom. The summed E-state index contributed by atoms with van der Waals surface area (Å²) in [5.74, 6) is 0.657. The Kier molecular flexibility index (Phi) is 6.31. The number of carbonyl (C=O) groups excluding carboxylic acids is 1. The predicted molar refractivity (Wildman–Crippen MR) is 101 cm³/mol. The number of amides is 1. The first-order chi connectivity index (χ1) is 13.2. The molecule has 1 aliphatic carbocycles. The molecule has 1 saturated heterocycles. The molecule has 2 N–H and O–H groups in total. The SMILES string of the molecule is Cn1ccnc1C(O)(CC(=O)NCC1(N2CCSCC2)CCCC1)C(F)(F)F. The van der Waals surface area contributed by atoms with Gasteiger partial charge in [0, 0.05) is 56.1 Å². The van der Waals surface area contributed by atoms with Gasteiger partial charge in [-0.3, -0.25) is 9.69 Å². The van der Waals surface area contributed by atoms with E-state index in [0.717, 1.165) is 54.8 Å². The van der Waals surface area contributed by atoms with Crippen molar-refractivity contribution in [2.45, 2.75) is 49.4 Å². The Hall–Kier alpha value is -1.26. The van der Waals surface area contributed by atoms with Crippen LogP contribution < -0.4 is 5.32 Å². The normalized spacial score (nSPS) is 22.8. The molecule has 1 aliphatic heterocycles. The van der Waals surface area contributed by atoms with Gasteiger partial charge in [-0.1, -0.05) is 12.8 Å². The van der Waals surface area contributed by atoms with Crippen LogP contribution in [-0.2, 0) is 17.4 Å². The maximum atomic E-state index is 13.6. The number of nitrogens with zero attached hydrogens (tertiary/aromatic N) is 3. The minimum Gasteiger partial charge on any atom is -0.374 e. The number of aromatic nitrogens is 2. The van der Waals surface area contributed by atoms with E-state index < -0.39 is 29.9 Å². The van der Waals surface area contributed by atoms with E-state index >= 15 is 0 Å². The van der Waals surface area contributed by atoms with Gasteiger partial charge in [-0.05, 0) is 12.8 Å². The summed E-state index contributed by atoms with van der Waals surface area (Å²) in [6.07, 6.45) is 0.337. The van der Waals surface area contributed by atoms with Crippen molar-refractivity contribution < 1.29 is 23.1 Å². The monoisotopic (exact) mass is 420 g/mol. The summed E-state index contributed by atoms with van der Waals surface area (Å²) in [5.41, 5.74) is -3.50. The lowest BCUT2D eigenvalue weighted by Crippen LogP contribution is -2.57. The zero-order chi connectivity index (χ0) is 20.4. The van der Waals surface area contributed by atoms with E-state index in [0.29, 0.717) is 6.54 Å². The third kappa shape index (κ3) is 4.18. The number of carbonyl (C=O) groups is 1. The fourth-order valence-electron chi connectivity index (χ4n) is 4.30. The maximum absolute atomic E-state index is 13.6. The van der Waals surface area contributed by atoms with Crippen molar-refractivity contribution in [3.63, 3.8) is 0 Å². The minimum absolute atomic E-state index is 0.184. The van der Waals surface area contributed by atoms with Crippen LogP contribution in [0.3, 0.4) is 0 Å². The predicted octanol–water partition coefficient (Wildman–Crippen LogP) is 2.04. The van der Waals surface area contributed by atoms with Crippen molar-refractivity contribution in [2.75, 3.05) is 31.1 Å². The molecule has 0 radical (unpaired) electrons. The molecule has 2 fully saturated rings. The molecule has 158 valence electrons. The number of hydrogen-bond donors (Lipinski definition) is 2. The average molecular weight is 421 g/mol. The van der Waals surface area contributed by atoms with Gasteiger partial charge in [0.15, 0.2) is 5.82 Å². The summed E-state index contributed by atoms with van der Waals surface area (Å²) in [5, 5.41) is 13.1. The number of imidazole rings is 1. The van der Waals surface area contributed by atoms with E-state index in [1.165, 1.54) is 19.4 Å². The van der Waals surface area contributed by atoms with E-state index in [9.17, 15) is 23.1 Å². The highest BCUT2D eigenvalue weighted by Gasteiger charge is 2.58. The molecule has 2 aliphatic rings. The molecular weight excluding hydrogens is 393 g/mol. The minimum atomic E-state index is -5.02. The van der Waals surface area contributed by atoms with E-state index in [2.05, 4.69) is 15.2 Å². The molecule has 1 amide bonds. The summed E-state index contributed by atoms with van der Waals surface area (Å²) in [7, 11) is 1.36. The van der Waals surface area contributed by atoms with Crippen LogP contribution in [0.15, 0.2) is 12.4 Å². The summed E-state index contributed by atoms with van der Waals surface area (Å²) in [6.45, 7) is 2.17. The molecule has 0 spiro atoms. The van der Waals surface area contributed by atoms with Crippen LogP contribution in [0.1, 0.15) is 37.9 Å². The molecule has 10 heteroatoms. The molecule has 1 saturated carbocycles. The standard InChI is InChI=1S/C18H27F3N4O2S/c1-24-7-6-22-15(24)17(27,18(19,20)21)12-14(26)23-13-16(4-2-3-5-16)25-8-10-28-11-9-25/h6-7,27H,2-5,8-13H2,1H3,(H,23,26). The second kappa shape index (κ2) is 8.23. The molecule has 28 heavy (non-hydrogen) atoms. The molecule has 0 bridgehead atoms. The van der Waals surface area contributed by atoms with Gasteiger partial charge < -0.3 is 15.0 Å². The van der Waals surface area contributed by atoms with Gasteiger partial charge in [0.2, 0.25) is 11.5 Å². The molecule has 1 aromatic heterocycles. The first-order valence-electron chi connectivity index (χ1n) is 9.54. The lowest BCUT2D eigenvalue weighted by atomic mass is 9.93. The Morgan fingerprint density at radius 2 is 1.96 bits per heavy atom. The van der Waals surface area contributed by atoms with Crippen molar-refractivity contribution in [1.82, 2.24) is 19.8 Å². The molecule has 0 aromatic carbocycles. The number of alkyl halides is 3. The van der Waals surface area contributed by atoms with Gasteiger partial charge in [0.1, 0.15) is 0 Å². The number of rotatable bonds is 6. The fraction of sp³-hybridized carbons (Fsp3) is 0.778. The van der Waals surface area contributed by atoms with Crippen LogP contribution in [0.25, 0.3) is 0 Å². The van der Waals surface area contributed by atoms with E-state index in [1.54, 1.807) is 0 Å². The average Bonchev–Trinajstić information content (AvgIpc) is 3.30. The van der Waals surface area contributed by atoms with Crippen molar-refractivity contribution in [3.8, 4) is 0 Å². The van der Waals surface area contributed by atoms with Crippen LogP contribution in [0.4, 0.5) is 13.2 Å². The number of aliphatic hydroxyl groups is 1. The summed E-state index contributed by atoms with van der Waals surface area (Å²) in [4.78, 5) is 18.5. The zero-order valence-electron chi connectivity index (χ0n) is 16.0. The highest BCUT2D eigenvalue weighted by Crippen LogP contribution is 2.41. The maximum Gasteiger partial charge on any atom is 0.425 e. The zero-order valence-corrected chi connectivity index (χ0v) is 16.8. The highest BCUT2D eigenvalue weighted by molar-refractivity contribution is 7.99. The lowest BCUT2D eigenvalue weighted by Gasteiger charge is -2.43. The van der Waals surface area contributed by atoms with Crippen LogP contribution in [0, 0.1) is 0 Å². The van der Waals surface area contributed by atoms with Crippen LogP contribution in [-0.4, -0.2) is 68.3 Å². The van der Waals surface area contributed by atoms with Gasteiger partial charge in [0.25, 0.3) is 0 Å². The molecule has 1 atom stereocenters. The van der Waals surface area contributed by atoms with Crippen LogP contribution >= 0.6 is 11.8 Å². The third-order valence-corrected chi connectivity index (χ3v) is 6.85. The number of thioether (sulfide) groups is 1. The summed E-state index contributed by atoms with van der Waals surface area (Å²) >= 11 is 1.89. The summed E-state index contributed by atoms with van der Waals surface area (Å²) < 4.78 is 42.0. The van der Waals surface area contributed by atoms with Crippen LogP contribution in [0.5, 0.6) is 0 Å². The Morgan fingerprint density at radius 3 is 2.50 bits per heavy atom. The first-order valence-corrected chi connectivity index (χ1v) is 10.7. The van der Waals surface area contributed by atoms with E-state index in [1.807, 2.05) is 11.8 Å². The van der Waals surface area contributed by atoms with Crippen molar-refractivity contribution in [1.29, 1.82) is 0 Å². The van der Waals surface area contributed by atoms with Crippen LogP contribution in [0.2, 0.25) is 0 Å². The number of halogens is 3. The second-order valence-electron chi connectivity index (χ2n) is 7.70. The van der Waals surface area contributed by atoms with E-state index in [4.69, 9.17) is 0 Å². The summed E-state index contributed by atoms with van der Waals surface area (Å²) in [6, 6.07) is 0.